The van der Waals surface area contributed by atoms with Gasteiger partial charge in [0.2, 0.25) is 0 Å². The molecule has 1 aromatic heterocycles. The van der Waals surface area contributed by atoms with Crippen molar-refractivity contribution in [2.24, 2.45) is 0 Å². The van der Waals surface area contributed by atoms with Crippen LogP contribution >= 0.6 is 11.3 Å². The first-order valence-corrected chi connectivity index (χ1v) is 6.79. The lowest BCUT2D eigenvalue weighted by Gasteiger charge is -2.07. The molecular formula is C10H13NOS2. The summed E-state index contributed by atoms with van der Waals surface area (Å²) >= 11 is 1.64. The molecule has 0 N–H and O–H groups in total. The van der Waals surface area contributed by atoms with Gasteiger partial charge in [-0.25, -0.2) is 0 Å². The summed E-state index contributed by atoms with van der Waals surface area (Å²) in [5.74, 6) is 0.632. The van der Waals surface area contributed by atoms with Gasteiger partial charge in [0.15, 0.2) is 0 Å². The van der Waals surface area contributed by atoms with E-state index in [0.717, 1.165) is 6.42 Å². The molecule has 0 spiro atoms. The average molecular weight is 227 g/mol. The maximum atomic E-state index is 11.7. The Kier molecular flexibility index (Phi) is 4.85. The number of unbranched alkanes of at least 4 members (excludes halogenated alkanes) is 1. The Morgan fingerprint density at radius 2 is 2.50 bits per heavy atom. The molecule has 2 atom stereocenters. The molecule has 0 saturated carbocycles. The number of hydrogen-bond donors (Lipinski definition) is 0. The molecule has 1 aromatic rings. The Labute approximate surface area is 91.0 Å². The lowest BCUT2D eigenvalue weighted by atomic mass is 10.4. The fourth-order valence-corrected chi connectivity index (χ4v) is 3.39. The number of nitriles is 1. The zero-order chi connectivity index (χ0) is 10.4. The first-order valence-electron chi connectivity index (χ1n) is 4.53. The minimum atomic E-state index is -0.836. The molecule has 0 saturated heterocycles. The van der Waals surface area contributed by atoms with Gasteiger partial charge < -0.3 is 0 Å². The topological polar surface area (TPSA) is 40.9 Å². The minimum Gasteiger partial charge on any atom is -0.259 e. The molecular weight excluding hydrogens is 214 g/mol. The molecule has 14 heavy (non-hydrogen) atoms. The van der Waals surface area contributed by atoms with Crippen LogP contribution < -0.4 is 0 Å². The summed E-state index contributed by atoms with van der Waals surface area (Å²) in [6.45, 7) is 1.98. The number of nitrogens with zero attached hydrogens (tertiary/aromatic N) is 1. The van der Waals surface area contributed by atoms with Crippen LogP contribution in [0.15, 0.2) is 17.5 Å². The van der Waals surface area contributed by atoms with Crippen LogP contribution in [-0.4, -0.2) is 9.96 Å². The summed E-state index contributed by atoms with van der Waals surface area (Å²) in [6.07, 6.45) is 1.24. The van der Waals surface area contributed by atoms with E-state index in [9.17, 15) is 4.21 Å². The van der Waals surface area contributed by atoms with Crippen LogP contribution in [-0.2, 0) is 10.8 Å². The Bertz CT molecular complexity index is 326. The maximum absolute atomic E-state index is 11.7. The molecule has 0 aliphatic heterocycles. The molecule has 4 heteroatoms. The number of hydrogen-bond acceptors (Lipinski definition) is 3. The van der Waals surface area contributed by atoms with Gasteiger partial charge in [-0.15, -0.1) is 11.3 Å². The Morgan fingerprint density at radius 1 is 1.71 bits per heavy atom. The van der Waals surface area contributed by atoms with Crippen LogP contribution in [0.3, 0.4) is 0 Å². The first kappa shape index (κ1) is 11.4. The van der Waals surface area contributed by atoms with Crippen LogP contribution in [0.2, 0.25) is 0 Å². The molecule has 0 aromatic carbocycles. The standard InChI is InChI=1S/C10H13NOS2/c1-9(10-5-4-7-13-10)14(12)8-3-2-6-11/h4-5,7,9H,2-3,8H2,1H3/t9-,14-/m1/s1. The van der Waals surface area contributed by atoms with Crippen molar-refractivity contribution in [1.29, 1.82) is 5.26 Å². The molecule has 0 unspecified atom stereocenters. The predicted octanol–water partition coefficient (Wildman–Crippen LogP) is 2.86. The van der Waals surface area contributed by atoms with Crippen molar-refractivity contribution in [3.05, 3.63) is 22.4 Å². The van der Waals surface area contributed by atoms with Crippen molar-refractivity contribution in [1.82, 2.24) is 0 Å². The highest BCUT2D eigenvalue weighted by Crippen LogP contribution is 2.24. The minimum absolute atomic E-state index is 0.105. The summed E-state index contributed by atoms with van der Waals surface area (Å²) in [5.41, 5.74) is 0. The summed E-state index contributed by atoms with van der Waals surface area (Å²) in [7, 11) is -0.836. The zero-order valence-electron chi connectivity index (χ0n) is 8.10. The van der Waals surface area contributed by atoms with Crippen LogP contribution in [0.4, 0.5) is 0 Å². The van der Waals surface area contributed by atoms with Gasteiger partial charge in [0.05, 0.1) is 11.3 Å². The molecule has 1 rings (SSSR count). The third-order valence-corrected chi connectivity index (χ3v) is 4.91. The van der Waals surface area contributed by atoms with E-state index in [0.29, 0.717) is 12.2 Å². The largest absolute Gasteiger partial charge is 0.259 e. The van der Waals surface area contributed by atoms with E-state index < -0.39 is 10.8 Å². The highest BCUT2D eigenvalue weighted by Gasteiger charge is 2.13. The van der Waals surface area contributed by atoms with Crippen LogP contribution in [0.5, 0.6) is 0 Å². The molecule has 76 valence electrons. The van der Waals surface area contributed by atoms with Crippen molar-refractivity contribution < 1.29 is 4.21 Å². The van der Waals surface area contributed by atoms with Crippen molar-refractivity contribution in [2.45, 2.75) is 25.0 Å². The fourth-order valence-electron chi connectivity index (χ4n) is 1.12. The van der Waals surface area contributed by atoms with Gasteiger partial charge in [0.25, 0.3) is 0 Å². The van der Waals surface area contributed by atoms with Crippen LogP contribution in [0, 0.1) is 11.3 Å². The second-order valence-corrected chi connectivity index (χ2v) is 5.86. The lowest BCUT2D eigenvalue weighted by molar-refractivity contribution is 0.674. The van der Waals surface area contributed by atoms with Crippen molar-refractivity contribution >= 4 is 22.1 Å². The van der Waals surface area contributed by atoms with Gasteiger partial charge in [-0.3, -0.25) is 4.21 Å². The highest BCUT2D eigenvalue weighted by molar-refractivity contribution is 7.85. The lowest BCUT2D eigenvalue weighted by Crippen LogP contribution is -2.05. The molecule has 0 bridgehead atoms. The van der Waals surface area contributed by atoms with E-state index in [1.165, 1.54) is 4.88 Å². The van der Waals surface area contributed by atoms with Gasteiger partial charge >= 0.3 is 0 Å². The fraction of sp³-hybridized carbons (Fsp3) is 0.500. The summed E-state index contributed by atoms with van der Waals surface area (Å²) in [5, 5.41) is 10.5. The van der Waals surface area contributed by atoms with Crippen molar-refractivity contribution in [3.8, 4) is 6.07 Å². The highest BCUT2D eigenvalue weighted by atomic mass is 32.2. The second kappa shape index (κ2) is 5.94. The summed E-state index contributed by atoms with van der Waals surface area (Å²) in [4.78, 5) is 1.17. The Balaban J connectivity index is 2.42. The number of rotatable bonds is 5. The van der Waals surface area contributed by atoms with Gasteiger partial charge in [0, 0.05) is 27.9 Å². The smallest absolute Gasteiger partial charge is 0.0662 e. The molecule has 2 nitrogen and oxygen atoms in total. The monoisotopic (exact) mass is 227 g/mol. The van der Waals surface area contributed by atoms with Gasteiger partial charge in [-0.1, -0.05) is 6.07 Å². The molecule has 1 heterocycles. The van der Waals surface area contributed by atoms with Crippen LogP contribution in [0.1, 0.15) is 29.9 Å². The van der Waals surface area contributed by atoms with Gasteiger partial charge in [-0.2, -0.15) is 5.26 Å². The first-order chi connectivity index (χ1) is 6.75. The Morgan fingerprint density at radius 3 is 3.07 bits per heavy atom. The third-order valence-electron chi connectivity index (χ3n) is 1.97. The van der Waals surface area contributed by atoms with Crippen molar-refractivity contribution in [3.63, 3.8) is 0 Å². The van der Waals surface area contributed by atoms with Gasteiger partial charge in [-0.05, 0) is 24.8 Å². The van der Waals surface area contributed by atoms with E-state index in [1.54, 1.807) is 11.3 Å². The molecule has 0 amide bonds. The van der Waals surface area contributed by atoms with E-state index in [1.807, 2.05) is 24.4 Å². The SMILES string of the molecule is C[C@H](c1cccs1)[S@](=O)CCCC#N. The Hall–Kier alpha value is -0.660. The van der Waals surface area contributed by atoms with Gasteiger partial charge in [0.1, 0.15) is 0 Å². The molecule has 0 fully saturated rings. The van der Waals surface area contributed by atoms with E-state index in [4.69, 9.17) is 5.26 Å². The molecule has 0 radical (unpaired) electrons. The maximum Gasteiger partial charge on any atom is 0.0662 e. The van der Waals surface area contributed by atoms with E-state index in [2.05, 4.69) is 6.07 Å². The second-order valence-electron chi connectivity index (χ2n) is 3.00. The average Bonchev–Trinajstić information content (AvgIpc) is 2.69. The summed E-state index contributed by atoms with van der Waals surface area (Å²) in [6, 6.07) is 6.05. The van der Waals surface area contributed by atoms with Crippen molar-refractivity contribution in [2.75, 3.05) is 5.75 Å². The molecule has 0 aliphatic carbocycles. The molecule has 0 aliphatic rings. The number of thiophene rings is 1. The third kappa shape index (κ3) is 3.24. The van der Waals surface area contributed by atoms with E-state index >= 15 is 0 Å². The van der Waals surface area contributed by atoms with E-state index in [-0.39, 0.29) is 5.25 Å². The summed E-state index contributed by atoms with van der Waals surface area (Å²) < 4.78 is 11.7. The van der Waals surface area contributed by atoms with Crippen LogP contribution in [0.25, 0.3) is 0 Å². The predicted molar refractivity (Wildman–Crippen MR) is 60.6 cm³/mol. The zero-order valence-corrected chi connectivity index (χ0v) is 9.74. The normalized spacial score (nSPS) is 14.6. The quantitative estimate of drug-likeness (QED) is 0.726.